The molecule has 1 aliphatic rings. The molecule has 0 atom stereocenters. The Morgan fingerprint density at radius 3 is 2.62 bits per heavy atom. The van der Waals surface area contributed by atoms with Gasteiger partial charge in [0.1, 0.15) is 12.4 Å². The van der Waals surface area contributed by atoms with Gasteiger partial charge in [0, 0.05) is 32.9 Å². The van der Waals surface area contributed by atoms with Crippen LogP contribution in [0.3, 0.4) is 0 Å². The molecule has 3 rings (SSSR count). The van der Waals surface area contributed by atoms with Crippen LogP contribution in [-0.2, 0) is 24.1 Å². The zero-order valence-corrected chi connectivity index (χ0v) is 16.6. The van der Waals surface area contributed by atoms with Gasteiger partial charge in [-0.05, 0) is 48.7 Å². The Hall–Kier alpha value is -2.61. The number of benzene rings is 1. The number of pyridine rings is 1. The predicted molar refractivity (Wildman–Crippen MR) is 102 cm³/mol. The number of amides is 1. The molecule has 1 aromatic heterocycles. The minimum absolute atomic E-state index is 0.0382. The Balaban J connectivity index is 1.62. The number of hydrogen-bond acceptors (Lipinski definition) is 4. The number of ether oxygens (including phenoxy) is 1. The van der Waals surface area contributed by atoms with E-state index in [0.717, 1.165) is 54.7 Å². The van der Waals surface area contributed by atoms with E-state index in [0.29, 0.717) is 5.75 Å². The number of likely N-dealkylation sites (tertiary alicyclic amines) is 1. The van der Waals surface area contributed by atoms with Crippen LogP contribution < -0.4 is 10.1 Å². The van der Waals surface area contributed by atoms with Gasteiger partial charge < -0.3 is 10.1 Å². The number of carbonyl (C=O) groups excluding carboxylic acids is 1. The molecule has 8 heteroatoms. The second-order valence-electron chi connectivity index (χ2n) is 7.30. The standard InChI is InChI=1S/C21H24F3N3O2/c1-13-14(2)19(29-12-18-8-17(6-7-26-18)21(22,23)24)5-4-15(13)9-27-10-16(11-27)20(28)25-3/h4-8,16H,9-12H2,1-3H3,(H,25,28). The van der Waals surface area contributed by atoms with E-state index in [1.54, 1.807) is 7.05 Å². The van der Waals surface area contributed by atoms with Crippen LogP contribution in [-0.4, -0.2) is 35.9 Å². The lowest BCUT2D eigenvalue weighted by Crippen LogP contribution is -2.52. The van der Waals surface area contributed by atoms with Gasteiger partial charge in [0.25, 0.3) is 0 Å². The van der Waals surface area contributed by atoms with E-state index in [-0.39, 0.29) is 24.1 Å². The van der Waals surface area contributed by atoms with Gasteiger partial charge >= 0.3 is 6.18 Å². The quantitative estimate of drug-likeness (QED) is 0.797. The number of halogens is 3. The maximum Gasteiger partial charge on any atom is 0.416 e. The molecule has 1 aromatic carbocycles. The molecular formula is C21H24F3N3O2. The topological polar surface area (TPSA) is 54.5 Å². The smallest absolute Gasteiger partial charge is 0.416 e. The van der Waals surface area contributed by atoms with Gasteiger partial charge in [-0.2, -0.15) is 13.2 Å². The van der Waals surface area contributed by atoms with Crippen LogP contribution in [0, 0.1) is 19.8 Å². The minimum atomic E-state index is -4.40. The first-order chi connectivity index (χ1) is 13.7. The van der Waals surface area contributed by atoms with Crippen LogP contribution in [0.1, 0.15) is 27.9 Å². The third-order valence-corrected chi connectivity index (χ3v) is 5.34. The largest absolute Gasteiger partial charge is 0.487 e. The minimum Gasteiger partial charge on any atom is -0.487 e. The number of aromatic nitrogens is 1. The molecule has 1 saturated heterocycles. The Bertz CT molecular complexity index is 893. The van der Waals surface area contributed by atoms with Gasteiger partial charge in [0.2, 0.25) is 5.91 Å². The van der Waals surface area contributed by atoms with E-state index < -0.39 is 11.7 Å². The van der Waals surface area contributed by atoms with Gasteiger partial charge in [-0.15, -0.1) is 0 Å². The second-order valence-corrected chi connectivity index (χ2v) is 7.30. The van der Waals surface area contributed by atoms with Gasteiger partial charge in [0.15, 0.2) is 0 Å². The third-order valence-electron chi connectivity index (χ3n) is 5.34. The highest BCUT2D eigenvalue weighted by Gasteiger charge is 2.32. The summed E-state index contributed by atoms with van der Waals surface area (Å²) in [6, 6.07) is 5.74. The molecule has 0 spiro atoms. The van der Waals surface area contributed by atoms with E-state index in [2.05, 4.69) is 15.2 Å². The molecule has 0 saturated carbocycles. The van der Waals surface area contributed by atoms with Crippen LogP contribution >= 0.6 is 0 Å². The van der Waals surface area contributed by atoms with E-state index in [1.165, 1.54) is 0 Å². The lowest BCUT2D eigenvalue weighted by molar-refractivity contribution is -0.137. The van der Waals surface area contributed by atoms with Crippen LogP contribution in [0.25, 0.3) is 0 Å². The zero-order valence-electron chi connectivity index (χ0n) is 16.6. The molecule has 5 nitrogen and oxygen atoms in total. The number of nitrogens with one attached hydrogen (secondary N) is 1. The average Bonchev–Trinajstić information content (AvgIpc) is 2.65. The Kier molecular flexibility index (Phi) is 6.12. The fourth-order valence-electron chi connectivity index (χ4n) is 3.37. The first-order valence-corrected chi connectivity index (χ1v) is 9.37. The van der Waals surface area contributed by atoms with Gasteiger partial charge in [-0.25, -0.2) is 0 Å². The Morgan fingerprint density at radius 1 is 1.24 bits per heavy atom. The summed E-state index contributed by atoms with van der Waals surface area (Å²) >= 11 is 0. The number of rotatable bonds is 6. The summed E-state index contributed by atoms with van der Waals surface area (Å²) in [6.45, 7) is 6.10. The highest BCUT2D eigenvalue weighted by molar-refractivity contribution is 5.79. The molecule has 29 heavy (non-hydrogen) atoms. The van der Waals surface area contributed by atoms with E-state index in [9.17, 15) is 18.0 Å². The maximum atomic E-state index is 12.8. The molecule has 0 unspecified atom stereocenters. The van der Waals surface area contributed by atoms with Crippen molar-refractivity contribution in [2.75, 3.05) is 20.1 Å². The Labute approximate surface area is 167 Å². The van der Waals surface area contributed by atoms with Crippen molar-refractivity contribution >= 4 is 5.91 Å². The lowest BCUT2D eigenvalue weighted by atomic mass is 9.96. The summed E-state index contributed by atoms with van der Waals surface area (Å²) in [5, 5.41) is 2.67. The van der Waals surface area contributed by atoms with Crippen molar-refractivity contribution in [1.82, 2.24) is 15.2 Å². The highest BCUT2D eigenvalue weighted by atomic mass is 19.4. The van der Waals surface area contributed by atoms with E-state index >= 15 is 0 Å². The van der Waals surface area contributed by atoms with Crippen molar-refractivity contribution < 1.29 is 22.7 Å². The SMILES string of the molecule is CNC(=O)C1CN(Cc2ccc(OCc3cc(C(F)(F)F)ccn3)c(C)c2C)C1. The summed E-state index contributed by atoms with van der Waals surface area (Å²) in [6.07, 6.45) is -3.26. The zero-order chi connectivity index (χ0) is 21.2. The van der Waals surface area contributed by atoms with Crippen LogP contribution in [0.5, 0.6) is 5.75 Å². The van der Waals surface area contributed by atoms with Crippen molar-refractivity contribution in [1.29, 1.82) is 0 Å². The molecule has 156 valence electrons. The third kappa shape index (κ3) is 4.87. The molecule has 1 fully saturated rings. The molecule has 2 heterocycles. The maximum absolute atomic E-state index is 12.8. The monoisotopic (exact) mass is 407 g/mol. The lowest BCUT2D eigenvalue weighted by Gasteiger charge is -2.38. The fraction of sp³-hybridized carbons (Fsp3) is 0.429. The van der Waals surface area contributed by atoms with Crippen LogP contribution in [0.15, 0.2) is 30.5 Å². The fourth-order valence-corrected chi connectivity index (χ4v) is 3.37. The molecule has 1 aliphatic heterocycles. The van der Waals surface area contributed by atoms with Gasteiger partial charge in [-0.3, -0.25) is 14.7 Å². The molecule has 1 amide bonds. The van der Waals surface area contributed by atoms with E-state index in [4.69, 9.17) is 4.74 Å². The Morgan fingerprint density at radius 2 is 1.97 bits per heavy atom. The first-order valence-electron chi connectivity index (χ1n) is 9.37. The normalized spacial score (nSPS) is 15.1. The predicted octanol–water partition coefficient (Wildman–Crippen LogP) is 3.47. The van der Waals surface area contributed by atoms with Crippen molar-refractivity contribution in [2.45, 2.75) is 33.2 Å². The van der Waals surface area contributed by atoms with E-state index in [1.807, 2.05) is 26.0 Å². The molecule has 0 aliphatic carbocycles. The summed E-state index contributed by atoms with van der Waals surface area (Å²) in [5.74, 6) is 0.738. The van der Waals surface area contributed by atoms with Crippen molar-refractivity contribution in [3.8, 4) is 5.75 Å². The molecule has 2 aromatic rings. The number of carbonyl (C=O) groups is 1. The summed E-state index contributed by atoms with van der Waals surface area (Å²) in [5.41, 5.74) is 2.64. The number of alkyl halides is 3. The number of hydrogen-bond donors (Lipinski definition) is 1. The number of nitrogens with zero attached hydrogens (tertiary/aromatic N) is 2. The van der Waals surface area contributed by atoms with Gasteiger partial charge in [0.05, 0.1) is 17.2 Å². The van der Waals surface area contributed by atoms with Gasteiger partial charge in [-0.1, -0.05) is 6.07 Å². The van der Waals surface area contributed by atoms with Crippen LogP contribution in [0.4, 0.5) is 13.2 Å². The molecule has 0 bridgehead atoms. The second kappa shape index (κ2) is 8.41. The first kappa shape index (κ1) is 21.1. The average molecular weight is 407 g/mol. The molecule has 0 radical (unpaired) electrons. The molecule has 1 N–H and O–H groups in total. The van der Waals surface area contributed by atoms with Crippen molar-refractivity contribution in [3.63, 3.8) is 0 Å². The summed E-state index contributed by atoms with van der Waals surface area (Å²) in [4.78, 5) is 17.8. The van der Waals surface area contributed by atoms with Crippen molar-refractivity contribution in [3.05, 3.63) is 58.4 Å². The highest BCUT2D eigenvalue weighted by Crippen LogP contribution is 2.30. The van der Waals surface area contributed by atoms with Crippen LogP contribution in [0.2, 0.25) is 0 Å². The summed E-state index contributed by atoms with van der Waals surface area (Å²) in [7, 11) is 1.64. The molecular weight excluding hydrogens is 383 g/mol. The summed E-state index contributed by atoms with van der Waals surface area (Å²) < 4.78 is 44.2. The van der Waals surface area contributed by atoms with Crippen molar-refractivity contribution in [2.24, 2.45) is 5.92 Å².